The number of sulfonamides is 1. The minimum absolute atomic E-state index is 0.00565. The minimum atomic E-state index is -4.69. The van der Waals surface area contributed by atoms with E-state index in [1.54, 1.807) is 6.92 Å². The molecule has 1 unspecified atom stereocenters. The lowest BCUT2D eigenvalue weighted by Gasteiger charge is -2.27. The topological polar surface area (TPSA) is 49.4 Å². The first kappa shape index (κ1) is 17.2. The summed E-state index contributed by atoms with van der Waals surface area (Å²) in [5.74, 6) is -7.27. The van der Waals surface area contributed by atoms with Gasteiger partial charge in [0.15, 0.2) is 28.2 Å². The summed E-state index contributed by atoms with van der Waals surface area (Å²) in [6, 6.07) is -0.514. The predicted molar refractivity (Wildman–Crippen MR) is 71.7 cm³/mol. The van der Waals surface area contributed by atoms with E-state index in [1.165, 1.54) is 0 Å². The normalized spacial score (nSPS) is 19.1. The van der Waals surface area contributed by atoms with E-state index in [2.05, 4.69) is 5.32 Å². The van der Waals surface area contributed by atoms with Gasteiger partial charge in [-0.25, -0.2) is 26.0 Å². The molecule has 1 aliphatic heterocycles. The highest BCUT2D eigenvalue weighted by molar-refractivity contribution is 7.89. The number of halogens is 4. The van der Waals surface area contributed by atoms with Gasteiger partial charge in [-0.05, 0) is 19.4 Å². The molecule has 2 rings (SSSR count). The van der Waals surface area contributed by atoms with Gasteiger partial charge in [-0.15, -0.1) is 0 Å². The molecule has 0 aliphatic carbocycles. The first-order valence-electron chi connectivity index (χ1n) is 6.86. The van der Waals surface area contributed by atoms with Gasteiger partial charge in [0.1, 0.15) is 0 Å². The Kier molecular flexibility index (Phi) is 5.08. The van der Waals surface area contributed by atoms with Crippen molar-refractivity contribution >= 4 is 10.0 Å². The number of benzene rings is 1. The third-order valence-corrected chi connectivity index (χ3v) is 5.50. The smallest absolute Gasteiger partial charge is 0.249 e. The van der Waals surface area contributed by atoms with Crippen LogP contribution in [0, 0.1) is 23.3 Å². The lowest BCUT2D eigenvalue weighted by atomic mass is 10.2. The summed E-state index contributed by atoms with van der Waals surface area (Å²) in [4.78, 5) is -1.56. The van der Waals surface area contributed by atoms with Crippen LogP contribution in [0.4, 0.5) is 17.6 Å². The molecule has 4 nitrogen and oxygen atoms in total. The van der Waals surface area contributed by atoms with Crippen LogP contribution in [0.2, 0.25) is 0 Å². The highest BCUT2D eigenvalue weighted by Gasteiger charge is 2.38. The van der Waals surface area contributed by atoms with E-state index >= 15 is 0 Å². The Morgan fingerprint density at radius 1 is 1.23 bits per heavy atom. The van der Waals surface area contributed by atoms with Crippen LogP contribution in [0.5, 0.6) is 0 Å². The monoisotopic (exact) mass is 340 g/mol. The molecule has 1 aromatic carbocycles. The quantitative estimate of drug-likeness (QED) is 0.659. The van der Waals surface area contributed by atoms with Crippen LogP contribution < -0.4 is 5.32 Å². The highest BCUT2D eigenvalue weighted by atomic mass is 32.2. The summed E-state index contributed by atoms with van der Waals surface area (Å²) in [7, 11) is -4.69. The fourth-order valence-corrected chi connectivity index (χ4v) is 4.38. The van der Waals surface area contributed by atoms with Crippen molar-refractivity contribution in [2.24, 2.45) is 0 Å². The summed E-state index contributed by atoms with van der Waals surface area (Å²) >= 11 is 0. The third-order valence-electron chi connectivity index (χ3n) is 3.52. The number of hydrogen-bond acceptors (Lipinski definition) is 3. The van der Waals surface area contributed by atoms with Gasteiger partial charge in [0.2, 0.25) is 10.0 Å². The van der Waals surface area contributed by atoms with Crippen LogP contribution in [0.15, 0.2) is 11.0 Å². The fraction of sp³-hybridized carbons (Fsp3) is 0.538. The summed E-state index contributed by atoms with van der Waals surface area (Å²) in [5.41, 5.74) is 0. The van der Waals surface area contributed by atoms with Crippen LogP contribution >= 0.6 is 0 Å². The second-order valence-electron chi connectivity index (χ2n) is 5.06. The van der Waals surface area contributed by atoms with Crippen molar-refractivity contribution in [1.82, 2.24) is 9.62 Å². The molecule has 1 N–H and O–H groups in total. The van der Waals surface area contributed by atoms with Gasteiger partial charge in [-0.1, -0.05) is 6.92 Å². The van der Waals surface area contributed by atoms with E-state index in [0.717, 1.165) is 4.31 Å². The molecule has 1 fully saturated rings. The molecule has 0 saturated carbocycles. The van der Waals surface area contributed by atoms with Gasteiger partial charge in [-0.2, -0.15) is 4.31 Å². The molecule has 1 atom stereocenters. The average Bonchev–Trinajstić information content (AvgIpc) is 2.96. The van der Waals surface area contributed by atoms with Crippen molar-refractivity contribution in [2.45, 2.75) is 30.7 Å². The molecule has 9 heteroatoms. The molecule has 1 aliphatic rings. The van der Waals surface area contributed by atoms with Gasteiger partial charge in [0.25, 0.3) is 0 Å². The zero-order valence-electron chi connectivity index (χ0n) is 11.9. The number of nitrogens with one attached hydrogen (secondary N) is 1. The van der Waals surface area contributed by atoms with Gasteiger partial charge in [-0.3, -0.25) is 0 Å². The zero-order chi connectivity index (χ0) is 16.5. The Morgan fingerprint density at radius 2 is 1.82 bits per heavy atom. The van der Waals surface area contributed by atoms with Crippen molar-refractivity contribution < 1.29 is 26.0 Å². The van der Waals surface area contributed by atoms with E-state index in [1.807, 2.05) is 0 Å². The van der Waals surface area contributed by atoms with Crippen LogP contribution in [0.1, 0.15) is 19.8 Å². The molecule has 1 aromatic rings. The van der Waals surface area contributed by atoms with E-state index in [0.29, 0.717) is 25.9 Å². The van der Waals surface area contributed by atoms with Crippen molar-refractivity contribution in [3.63, 3.8) is 0 Å². The molecule has 124 valence electrons. The van der Waals surface area contributed by atoms with Crippen molar-refractivity contribution in [1.29, 1.82) is 0 Å². The van der Waals surface area contributed by atoms with E-state index in [9.17, 15) is 26.0 Å². The maximum absolute atomic E-state index is 13.8. The Morgan fingerprint density at radius 3 is 2.27 bits per heavy atom. The first-order chi connectivity index (χ1) is 10.3. The van der Waals surface area contributed by atoms with Crippen LogP contribution in [0.25, 0.3) is 0 Å². The van der Waals surface area contributed by atoms with E-state index < -0.39 is 44.2 Å². The van der Waals surface area contributed by atoms with Gasteiger partial charge < -0.3 is 5.32 Å². The molecule has 1 heterocycles. The number of nitrogens with zero attached hydrogens (tertiary/aromatic N) is 1. The summed E-state index contributed by atoms with van der Waals surface area (Å²) in [5, 5.41) is 2.95. The molecule has 22 heavy (non-hydrogen) atoms. The summed E-state index contributed by atoms with van der Waals surface area (Å²) < 4.78 is 80.2. The molecular formula is C13H16F4N2O2S. The van der Waals surface area contributed by atoms with Crippen molar-refractivity contribution in [3.8, 4) is 0 Å². The first-order valence-corrected chi connectivity index (χ1v) is 8.30. The molecule has 0 radical (unpaired) electrons. The number of hydrogen-bond donors (Lipinski definition) is 1. The molecule has 1 saturated heterocycles. The van der Waals surface area contributed by atoms with Crippen molar-refractivity contribution in [3.05, 3.63) is 29.3 Å². The Balaban J connectivity index is 2.57. The van der Waals surface area contributed by atoms with Gasteiger partial charge in [0.05, 0.1) is 0 Å². The van der Waals surface area contributed by atoms with Crippen LogP contribution in [-0.4, -0.2) is 38.4 Å². The van der Waals surface area contributed by atoms with E-state index in [4.69, 9.17) is 0 Å². The highest BCUT2D eigenvalue weighted by Crippen LogP contribution is 2.29. The molecular weight excluding hydrogens is 324 g/mol. The van der Waals surface area contributed by atoms with Crippen LogP contribution in [0.3, 0.4) is 0 Å². The minimum Gasteiger partial charge on any atom is -0.315 e. The van der Waals surface area contributed by atoms with E-state index in [-0.39, 0.29) is 12.6 Å². The lowest BCUT2D eigenvalue weighted by molar-refractivity contribution is 0.327. The Bertz CT molecular complexity index is 634. The van der Waals surface area contributed by atoms with Gasteiger partial charge in [0, 0.05) is 25.2 Å². The fourth-order valence-electron chi connectivity index (χ4n) is 2.50. The second-order valence-corrected chi connectivity index (χ2v) is 6.89. The molecule has 0 aromatic heterocycles. The van der Waals surface area contributed by atoms with Crippen molar-refractivity contribution in [2.75, 3.05) is 19.6 Å². The largest absolute Gasteiger partial charge is 0.315 e. The van der Waals surface area contributed by atoms with Crippen LogP contribution in [-0.2, 0) is 10.0 Å². The predicted octanol–water partition coefficient (Wildman–Crippen LogP) is 2.01. The SMILES string of the molecule is CCCN(C1CCNC1)S(=O)(=O)c1c(F)c(F)cc(F)c1F. The molecule has 0 spiro atoms. The summed E-state index contributed by atoms with van der Waals surface area (Å²) in [6.07, 6.45) is 0.858. The number of rotatable bonds is 5. The average molecular weight is 340 g/mol. The summed E-state index contributed by atoms with van der Waals surface area (Å²) in [6.45, 7) is 2.58. The third kappa shape index (κ3) is 2.97. The molecule has 0 bridgehead atoms. The Hall–Kier alpha value is -1.19. The Labute approximate surface area is 126 Å². The molecule has 0 amide bonds. The van der Waals surface area contributed by atoms with Gasteiger partial charge >= 0.3 is 0 Å². The second kappa shape index (κ2) is 6.51. The maximum Gasteiger partial charge on any atom is 0.249 e. The maximum atomic E-state index is 13.8. The zero-order valence-corrected chi connectivity index (χ0v) is 12.7. The lowest BCUT2D eigenvalue weighted by Crippen LogP contribution is -2.42. The standard InChI is InChI=1S/C13H16F4N2O2S/c1-2-5-19(8-3-4-18-7-8)22(20,21)13-11(16)9(14)6-10(15)12(13)17/h6,8,18H,2-5,7H2,1H3.